The summed E-state index contributed by atoms with van der Waals surface area (Å²) < 4.78 is 26.5. The zero-order valence-electron chi connectivity index (χ0n) is 33.2. The number of nitrogens with zero attached hydrogens (tertiary/aromatic N) is 3. The highest BCUT2D eigenvalue weighted by molar-refractivity contribution is 6.03. The van der Waals surface area contributed by atoms with Crippen molar-refractivity contribution < 1.29 is 38.8 Å². The first-order valence-electron chi connectivity index (χ1n) is 20.1. The largest absolute Gasteiger partial charge is 0.492 e. The number of aliphatic hydroxyl groups is 2. The van der Waals surface area contributed by atoms with Crippen LogP contribution in [0.3, 0.4) is 0 Å². The summed E-state index contributed by atoms with van der Waals surface area (Å²) in [4.78, 5) is 24.2. The van der Waals surface area contributed by atoms with Crippen molar-refractivity contribution in [3.63, 3.8) is 0 Å². The fourth-order valence-corrected chi connectivity index (χ4v) is 8.54. The van der Waals surface area contributed by atoms with Crippen LogP contribution in [-0.2, 0) is 20.9 Å². The molecule has 0 bridgehead atoms. The van der Waals surface area contributed by atoms with Gasteiger partial charge in [0.2, 0.25) is 5.79 Å². The molecule has 2 aliphatic heterocycles. The summed E-state index contributed by atoms with van der Waals surface area (Å²) in [6.07, 6.45) is 8.71. The van der Waals surface area contributed by atoms with Gasteiger partial charge in [-0.3, -0.25) is 4.90 Å². The highest BCUT2D eigenvalue weighted by Gasteiger charge is 2.65. The molecule has 2 aromatic rings. The monoisotopic (exact) mass is 759 g/mol. The van der Waals surface area contributed by atoms with Crippen LogP contribution in [0.2, 0.25) is 0 Å². The topological polar surface area (TPSA) is 122 Å². The molecule has 2 heterocycles. The Morgan fingerprint density at radius 2 is 1.82 bits per heavy atom. The lowest BCUT2D eigenvalue weighted by molar-refractivity contribution is -0.253. The van der Waals surface area contributed by atoms with E-state index in [2.05, 4.69) is 23.6 Å². The van der Waals surface area contributed by atoms with E-state index < -0.39 is 29.4 Å². The van der Waals surface area contributed by atoms with Gasteiger partial charge in [0.15, 0.2) is 0 Å². The van der Waals surface area contributed by atoms with Crippen molar-refractivity contribution in [2.45, 2.75) is 95.7 Å². The number of amides is 1. The Hall–Kier alpha value is -3.90. The molecule has 55 heavy (non-hydrogen) atoms. The van der Waals surface area contributed by atoms with E-state index in [1.54, 1.807) is 18.0 Å². The Balaban J connectivity index is 1.50. The van der Waals surface area contributed by atoms with Crippen LogP contribution in [0, 0.1) is 17.8 Å². The quantitative estimate of drug-likeness (QED) is 0.0670. The van der Waals surface area contributed by atoms with Crippen LogP contribution in [0.25, 0.3) is 0 Å². The number of carbonyl (C=O) groups excluding carboxylic acids is 1. The smallest absolute Gasteiger partial charge is 0.410 e. The summed E-state index contributed by atoms with van der Waals surface area (Å²) in [6.45, 7) is 14.2. The van der Waals surface area contributed by atoms with Crippen LogP contribution < -0.4 is 9.47 Å². The molecule has 2 aliphatic carbocycles. The van der Waals surface area contributed by atoms with Crippen molar-refractivity contribution >= 4 is 11.8 Å². The number of carbonyl (C=O) groups is 1. The van der Waals surface area contributed by atoms with Crippen molar-refractivity contribution in [2.75, 3.05) is 53.1 Å². The molecule has 0 unspecified atom stereocenters. The molecule has 0 spiro atoms. The molecule has 2 fully saturated rings. The Morgan fingerprint density at radius 1 is 1.07 bits per heavy atom. The van der Waals surface area contributed by atoms with Gasteiger partial charge in [-0.05, 0) is 87.6 Å². The number of ether oxygens (including phenoxy) is 4. The number of likely N-dealkylation sites (N-methyl/N-ethyl adjacent to an activating group) is 1. The number of oxime groups is 1. The van der Waals surface area contributed by atoms with Crippen molar-refractivity contribution in [2.24, 2.45) is 22.9 Å². The summed E-state index contributed by atoms with van der Waals surface area (Å²) in [7, 11) is 1.74. The third-order valence-electron chi connectivity index (χ3n) is 11.3. The van der Waals surface area contributed by atoms with E-state index in [0.29, 0.717) is 31.6 Å². The van der Waals surface area contributed by atoms with E-state index in [4.69, 9.17) is 28.9 Å². The first-order valence-corrected chi connectivity index (χ1v) is 20.1. The van der Waals surface area contributed by atoms with Gasteiger partial charge in [0.25, 0.3) is 0 Å². The summed E-state index contributed by atoms with van der Waals surface area (Å²) in [5.41, 5.74) is 3.10. The zero-order valence-corrected chi connectivity index (χ0v) is 33.2. The summed E-state index contributed by atoms with van der Waals surface area (Å²) in [5.74, 6) is -0.129. The van der Waals surface area contributed by atoms with Gasteiger partial charge in [0, 0.05) is 57.8 Å². The molecule has 11 nitrogen and oxygen atoms in total. The summed E-state index contributed by atoms with van der Waals surface area (Å²) in [5, 5.41) is 24.5. The maximum Gasteiger partial charge on any atom is 0.410 e. The van der Waals surface area contributed by atoms with Crippen LogP contribution in [0.1, 0.15) is 82.8 Å². The van der Waals surface area contributed by atoms with Gasteiger partial charge < -0.3 is 38.9 Å². The SMILES string of the molecule is C=CCO[C@@]12Oc3ccc(OCCN4CC4)cc3[C@H]3[C@H](CCCCO)[C@@H](CCCCO)C=C(C(=NOC(C)(C)C)C[C@@H]1N(C)C(=O)OCc1ccccc1)[C@H]32. The fraction of sp³-hybridized carbons (Fsp3) is 0.591. The van der Waals surface area contributed by atoms with Gasteiger partial charge >= 0.3 is 6.09 Å². The average Bonchev–Trinajstić information content (AvgIpc) is 4.01. The number of aliphatic hydroxyl groups excluding tert-OH is 2. The Labute approximate surface area is 326 Å². The highest BCUT2D eigenvalue weighted by atomic mass is 16.7. The van der Waals surface area contributed by atoms with E-state index in [1.165, 1.54) is 0 Å². The van der Waals surface area contributed by atoms with Crippen LogP contribution in [0.4, 0.5) is 4.79 Å². The Morgan fingerprint density at radius 3 is 2.51 bits per heavy atom. The van der Waals surface area contributed by atoms with Gasteiger partial charge in [-0.15, -0.1) is 6.58 Å². The van der Waals surface area contributed by atoms with Crippen LogP contribution in [0.15, 0.2) is 78.0 Å². The van der Waals surface area contributed by atoms with E-state index in [1.807, 2.05) is 63.2 Å². The van der Waals surface area contributed by atoms with Crippen LogP contribution >= 0.6 is 0 Å². The molecule has 4 aliphatic rings. The maximum atomic E-state index is 14.1. The summed E-state index contributed by atoms with van der Waals surface area (Å²) in [6, 6.07) is 15.0. The number of rotatable bonds is 19. The third kappa shape index (κ3) is 9.74. The molecule has 2 aromatic carbocycles. The number of fused-ring (bicyclic) bond motifs is 2. The van der Waals surface area contributed by atoms with Gasteiger partial charge in [-0.1, -0.05) is 60.5 Å². The minimum atomic E-state index is -1.34. The number of unbranched alkanes of at least 4 members (excludes halogenated alkanes) is 2. The predicted octanol–water partition coefficient (Wildman–Crippen LogP) is 7.08. The minimum Gasteiger partial charge on any atom is -0.492 e. The lowest BCUT2D eigenvalue weighted by atomic mass is 9.55. The molecular weight excluding hydrogens is 698 g/mol. The summed E-state index contributed by atoms with van der Waals surface area (Å²) >= 11 is 0. The maximum absolute atomic E-state index is 14.1. The fourth-order valence-electron chi connectivity index (χ4n) is 8.54. The Bertz CT molecular complexity index is 1650. The minimum absolute atomic E-state index is 0.120. The van der Waals surface area contributed by atoms with Gasteiger partial charge in [-0.2, -0.15) is 0 Å². The molecule has 2 N–H and O–H groups in total. The molecule has 6 rings (SSSR count). The molecule has 0 radical (unpaired) electrons. The van der Waals surface area contributed by atoms with Crippen molar-refractivity contribution in [1.82, 2.24) is 9.80 Å². The Kier molecular flexibility index (Phi) is 13.6. The first-order chi connectivity index (χ1) is 26.6. The van der Waals surface area contributed by atoms with Gasteiger partial charge in [0.05, 0.1) is 18.2 Å². The number of hydrogen-bond acceptors (Lipinski definition) is 10. The van der Waals surface area contributed by atoms with Gasteiger partial charge in [0.1, 0.15) is 36.4 Å². The zero-order chi connectivity index (χ0) is 39.0. The van der Waals surface area contributed by atoms with E-state index in [0.717, 1.165) is 73.5 Å². The normalized spacial score (nSPS) is 26.3. The molecule has 1 saturated carbocycles. The highest BCUT2D eigenvalue weighted by Crippen LogP contribution is 2.61. The van der Waals surface area contributed by atoms with E-state index >= 15 is 0 Å². The molecule has 6 atom stereocenters. The molecule has 300 valence electrons. The standard InChI is InChI=1S/C44H61N3O8/c1-6-25-53-44-39(46(5)42(50)52-30-31-14-8-7-9-15-31)29-37(45-55-43(2,3)4)35-27-32(16-10-12-23-48)34(17-11-13-24-49)40(41(35)44)36-28-33(18-19-38(36)54-44)51-26-22-47-20-21-47/h6-9,14-15,18-19,27-28,32,34,39-41,48-49H,1,10-13,16-17,20-26,29-30H2,2-5H3/t32-,34+,39-,40+,41+,44+/m0/s1. The lowest BCUT2D eigenvalue weighted by Gasteiger charge is -2.59. The molecule has 1 amide bonds. The van der Waals surface area contributed by atoms with Crippen LogP contribution in [-0.4, -0.2) is 102 Å². The van der Waals surface area contributed by atoms with E-state index in [9.17, 15) is 15.0 Å². The van der Waals surface area contributed by atoms with Gasteiger partial charge in [-0.25, -0.2) is 4.79 Å². The van der Waals surface area contributed by atoms with Crippen LogP contribution in [0.5, 0.6) is 11.5 Å². The average molecular weight is 760 g/mol. The van der Waals surface area contributed by atoms with Crippen molar-refractivity contribution in [3.8, 4) is 11.5 Å². The second-order valence-corrected chi connectivity index (χ2v) is 16.3. The third-order valence-corrected chi connectivity index (χ3v) is 11.3. The number of allylic oxidation sites excluding steroid dienone is 1. The molecular formula is C44H61N3O8. The number of hydrogen-bond donors (Lipinski definition) is 2. The predicted molar refractivity (Wildman–Crippen MR) is 212 cm³/mol. The molecule has 0 aromatic heterocycles. The first kappa shape index (κ1) is 40.8. The molecule has 1 saturated heterocycles. The van der Waals surface area contributed by atoms with Crippen molar-refractivity contribution in [3.05, 3.63) is 84.0 Å². The van der Waals surface area contributed by atoms with Crippen molar-refractivity contribution in [1.29, 1.82) is 0 Å². The second kappa shape index (κ2) is 18.4. The number of benzene rings is 2. The molecule has 11 heteroatoms. The van der Waals surface area contributed by atoms with E-state index in [-0.39, 0.29) is 44.2 Å². The second-order valence-electron chi connectivity index (χ2n) is 16.3. The lowest BCUT2D eigenvalue weighted by Crippen LogP contribution is -2.69.